The first kappa shape index (κ1) is 13.6. The fourth-order valence-corrected chi connectivity index (χ4v) is 2.65. The molecule has 21 heavy (non-hydrogen) atoms. The van der Waals surface area contributed by atoms with Crippen LogP contribution in [0.15, 0.2) is 78.9 Å². The van der Waals surface area contributed by atoms with Gasteiger partial charge in [0.2, 0.25) is 0 Å². The van der Waals surface area contributed by atoms with E-state index in [0.29, 0.717) is 5.56 Å². The molecule has 0 bridgehead atoms. The van der Waals surface area contributed by atoms with Crippen LogP contribution >= 0.6 is 11.6 Å². The number of halogens is 1. The normalized spacial score (nSPS) is 10.3. The molecule has 3 rings (SSSR count). The molecule has 0 unspecified atom stereocenters. The average molecular weight is 293 g/mol. The maximum Gasteiger partial charge on any atom is 0.253 e. The Morgan fingerprint density at radius 2 is 1.24 bits per heavy atom. The molecular weight excluding hydrogens is 280 g/mol. The highest BCUT2D eigenvalue weighted by molar-refractivity contribution is 6.68. The number of rotatable bonds is 3. The van der Waals surface area contributed by atoms with Crippen molar-refractivity contribution < 1.29 is 4.79 Å². The molecule has 2 heteroatoms. The minimum Gasteiger partial charge on any atom is -0.276 e. The SMILES string of the molecule is O=C(Cl)c1cccc(-c2ccccc2)c1-c1ccccc1. The van der Waals surface area contributed by atoms with E-state index >= 15 is 0 Å². The molecule has 0 saturated carbocycles. The monoisotopic (exact) mass is 292 g/mol. The van der Waals surface area contributed by atoms with E-state index in [4.69, 9.17) is 11.6 Å². The highest BCUT2D eigenvalue weighted by atomic mass is 35.5. The smallest absolute Gasteiger partial charge is 0.253 e. The molecule has 0 aliphatic rings. The van der Waals surface area contributed by atoms with Gasteiger partial charge in [0.15, 0.2) is 0 Å². The summed E-state index contributed by atoms with van der Waals surface area (Å²) in [4.78, 5) is 11.8. The molecule has 102 valence electrons. The van der Waals surface area contributed by atoms with Crippen LogP contribution in [-0.4, -0.2) is 5.24 Å². The molecular formula is C19H13ClO. The number of carbonyl (C=O) groups is 1. The van der Waals surface area contributed by atoms with Gasteiger partial charge in [-0.1, -0.05) is 72.8 Å². The van der Waals surface area contributed by atoms with Crippen LogP contribution in [0.5, 0.6) is 0 Å². The molecule has 0 radical (unpaired) electrons. The van der Waals surface area contributed by atoms with Gasteiger partial charge in [-0.15, -0.1) is 0 Å². The lowest BCUT2D eigenvalue weighted by molar-refractivity contribution is 0.108. The van der Waals surface area contributed by atoms with Crippen LogP contribution in [-0.2, 0) is 0 Å². The van der Waals surface area contributed by atoms with E-state index in [-0.39, 0.29) is 0 Å². The lowest BCUT2D eigenvalue weighted by Gasteiger charge is -2.13. The van der Waals surface area contributed by atoms with Crippen LogP contribution in [0.25, 0.3) is 22.3 Å². The third-order valence-corrected chi connectivity index (χ3v) is 3.63. The maximum absolute atomic E-state index is 11.8. The summed E-state index contributed by atoms with van der Waals surface area (Å²) in [7, 11) is 0. The van der Waals surface area contributed by atoms with Gasteiger partial charge in [0.05, 0.1) is 0 Å². The first-order valence-corrected chi connectivity index (χ1v) is 7.09. The van der Waals surface area contributed by atoms with Crippen LogP contribution in [0.2, 0.25) is 0 Å². The predicted molar refractivity (Wildman–Crippen MR) is 87.5 cm³/mol. The van der Waals surface area contributed by atoms with Gasteiger partial charge in [0.1, 0.15) is 0 Å². The molecule has 0 atom stereocenters. The molecule has 0 aliphatic carbocycles. The number of carbonyl (C=O) groups excluding carboxylic acids is 1. The minimum atomic E-state index is -0.438. The van der Waals surface area contributed by atoms with Gasteiger partial charge in [0.25, 0.3) is 5.24 Å². The zero-order valence-electron chi connectivity index (χ0n) is 11.3. The summed E-state index contributed by atoms with van der Waals surface area (Å²) in [5, 5.41) is -0.438. The maximum atomic E-state index is 11.8. The fourth-order valence-electron chi connectivity index (χ4n) is 2.49. The Bertz CT molecular complexity index is 764. The lowest BCUT2D eigenvalue weighted by Crippen LogP contribution is -1.96. The summed E-state index contributed by atoms with van der Waals surface area (Å²) in [5.74, 6) is 0. The van der Waals surface area contributed by atoms with Crippen LogP contribution in [0.1, 0.15) is 10.4 Å². The van der Waals surface area contributed by atoms with Crippen LogP contribution in [0.3, 0.4) is 0 Å². The van der Waals surface area contributed by atoms with Crippen molar-refractivity contribution in [1.82, 2.24) is 0 Å². The van der Waals surface area contributed by atoms with E-state index in [9.17, 15) is 4.79 Å². The second-order valence-corrected chi connectivity index (χ2v) is 5.08. The third kappa shape index (κ3) is 2.74. The molecule has 0 N–H and O–H groups in total. The van der Waals surface area contributed by atoms with Crippen molar-refractivity contribution in [2.24, 2.45) is 0 Å². The van der Waals surface area contributed by atoms with Crippen molar-refractivity contribution in [3.8, 4) is 22.3 Å². The first-order valence-electron chi connectivity index (χ1n) is 6.71. The summed E-state index contributed by atoms with van der Waals surface area (Å²) in [5.41, 5.74) is 4.47. The van der Waals surface area contributed by atoms with E-state index in [2.05, 4.69) is 0 Å². The van der Waals surface area contributed by atoms with Crippen LogP contribution in [0.4, 0.5) is 0 Å². The molecule has 0 amide bonds. The van der Waals surface area contributed by atoms with Crippen molar-refractivity contribution in [1.29, 1.82) is 0 Å². The van der Waals surface area contributed by atoms with Gasteiger partial charge in [-0.2, -0.15) is 0 Å². The van der Waals surface area contributed by atoms with Crippen molar-refractivity contribution in [2.75, 3.05) is 0 Å². The molecule has 0 saturated heterocycles. The van der Waals surface area contributed by atoms with Gasteiger partial charge in [-0.3, -0.25) is 4.79 Å². The summed E-state index contributed by atoms with van der Waals surface area (Å²) >= 11 is 5.78. The number of benzene rings is 3. The Labute approximate surface area is 128 Å². The van der Waals surface area contributed by atoms with Gasteiger partial charge in [-0.05, 0) is 34.4 Å². The Morgan fingerprint density at radius 1 is 0.667 bits per heavy atom. The van der Waals surface area contributed by atoms with Crippen LogP contribution in [0, 0.1) is 0 Å². The topological polar surface area (TPSA) is 17.1 Å². The molecule has 0 spiro atoms. The molecule has 0 heterocycles. The first-order chi connectivity index (χ1) is 10.3. The van der Waals surface area contributed by atoms with Gasteiger partial charge < -0.3 is 0 Å². The van der Waals surface area contributed by atoms with Crippen molar-refractivity contribution >= 4 is 16.8 Å². The second-order valence-electron chi connectivity index (χ2n) is 4.73. The predicted octanol–water partition coefficient (Wildman–Crippen LogP) is 5.40. The minimum absolute atomic E-state index is 0.438. The highest BCUT2D eigenvalue weighted by Gasteiger charge is 2.15. The van der Waals surface area contributed by atoms with E-state index in [0.717, 1.165) is 22.3 Å². The molecule has 0 fully saturated rings. The van der Waals surface area contributed by atoms with Crippen molar-refractivity contribution in [3.63, 3.8) is 0 Å². The summed E-state index contributed by atoms with van der Waals surface area (Å²) in [6.45, 7) is 0. The van der Waals surface area contributed by atoms with E-state index < -0.39 is 5.24 Å². The van der Waals surface area contributed by atoms with Crippen LogP contribution < -0.4 is 0 Å². The Balaban J connectivity index is 2.31. The van der Waals surface area contributed by atoms with E-state index in [1.807, 2.05) is 72.8 Å². The quantitative estimate of drug-likeness (QED) is 0.591. The molecule has 3 aromatic carbocycles. The fraction of sp³-hybridized carbons (Fsp3) is 0. The third-order valence-electron chi connectivity index (χ3n) is 3.42. The van der Waals surface area contributed by atoms with E-state index in [1.165, 1.54) is 0 Å². The number of hydrogen-bond acceptors (Lipinski definition) is 1. The number of hydrogen-bond donors (Lipinski definition) is 0. The average Bonchev–Trinajstić information content (AvgIpc) is 2.55. The van der Waals surface area contributed by atoms with Crippen molar-refractivity contribution in [3.05, 3.63) is 84.4 Å². The van der Waals surface area contributed by atoms with Gasteiger partial charge in [-0.25, -0.2) is 0 Å². The molecule has 3 aromatic rings. The largest absolute Gasteiger partial charge is 0.276 e. The molecule has 1 nitrogen and oxygen atoms in total. The Morgan fingerprint density at radius 3 is 1.81 bits per heavy atom. The summed E-state index contributed by atoms with van der Waals surface area (Å²) < 4.78 is 0. The Hall–Kier alpha value is -2.38. The molecule has 0 aliphatic heterocycles. The summed E-state index contributed by atoms with van der Waals surface area (Å²) in [6.07, 6.45) is 0. The van der Waals surface area contributed by atoms with E-state index in [1.54, 1.807) is 6.07 Å². The van der Waals surface area contributed by atoms with Gasteiger partial charge >= 0.3 is 0 Å². The second kappa shape index (κ2) is 5.94. The highest BCUT2D eigenvalue weighted by Crippen LogP contribution is 2.35. The zero-order chi connectivity index (χ0) is 14.7. The Kier molecular flexibility index (Phi) is 3.85. The summed E-state index contributed by atoms with van der Waals surface area (Å²) in [6, 6.07) is 25.5. The standard InChI is InChI=1S/C19H13ClO/c20-19(21)17-13-7-12-16(14-8-3-1-4-9-14)18(17)15-10-5-2-6-11-15/h1-13H. The molecule has 0 aromatic heterocycles. The van der Waals surface area contributed by atoms with Crippen molar-refractivity contribution in [2.45, 2.75) is 0 Å². The van der Waals surface area contributed by atoms with Gasteiger partial charge in [0, 0.05) is 11.1 Å². The zero-order valence-corrected chi connectivity index (χ0v) is 12.0. The lowest BCUT2D eigenvalue weighted by atomic mass is 9.91.